The van der Waals surface area contributed by atoms with Gasteiger partial charge in [-0.2, -0.15) is 0 Å². The van der Waals surface area contributed by atoms with E-state index in [2.05, 4.69) is 5.32 Å². The number of nitro groups is 1. The Bertz CT molecular complexity index is 596. The largest absolute Gasteiger partial charge is 0.338 e. The standard InChI is InChI=1S/C12H16N4O5/c1-2-3-6-13-12(19)14-10(17)8-15-7-9(16(20)21)4-5-11(15)18/h4-5,7H,2-3,6,8H2,1H3,(H2,13,14,17,19). The summed E-state index contributed by atoms with van der Waals surface area (Å²) in [5.41, 5.74) is -0.878. The number of unbranched alkanes of at least 4 members (excludes halogenated alkanes) is 1. The van der Waals surface area contributed by atoms with Crippen molar-refractivity contribution in [2.75, 3.05) is 6.54 Å². The third kappa shape index (κ3) is 5.43. The highest BCUT2D eigenvalue weighted by Gasteiger charge is 2.12. The molecule has 0 saturated heterocycles. The van der Waals surface area contributed by atoms with Crippen molar-refractivity contribution in [3.05, 3.63) is 38.8 Å². The van der Waals surface area contributed by atoms with E-state index in [1.54, 1.807) is 0 Å². The van der Waals surface area contributed by atoms with Crippen molar-refractivity contribution in [1.29, 1.82) is 0 Å². The smallest absolute Gasteiger partial charge is 0.321 e. The number of aromatic nitrogens is 1. The van der Waals surface area contributed by atoms with Gasteiger partial charge >= 0.3 is 6.03 Å². The van der Waals surface area contributed by atoms with Crippen LogP contribution in [-0.2, 0) is 11.3 Å². The highest BCUT2D eigenvalue weighted by atomic mass is 16.6. The number of hydrogen-bond donors (Lipinski definition) is 2. The van der Waals surface area contributed by atoms with Crippen LogP contribution in [0.4, 0.5) is 10.5 Å². The third-order valence-electron chi connectivity index (χ3n) is 2.56. The summed E-state index contributed by atoms with van der Waals surface area (Å²) in [5, 5.41) is 15.1. The van der Waals surface area contributed by atoms with E-state index in [9.17, 15) is 24.5 Å². The average molecular weight is 296 g/mol. The molecule has 0 fully saturated rings. The van der Waals surface area contributed by atoms with E-state index in [0.29, 0.717) is 6.54 Å². The van der Waals surface area contributed by atoms with Crippen molar-refractivity contribution in [2.45, 2.75) is 26.3 Å². The van der Waals surface area contributed by atoms with Crippen LogP contribution >= 0.6 is 0 Å². The fourth-order valence-corrected chi connectivity index (χ4v) is 1.49. The van der Waals surface area contributed by atoms with Crippen LogP contribution in [0.2, 0.25) is 0 Å². The molecule has 0 saturated carbocycles. The van der Waals surface area contributed by atoms with Gasteiger partial charge in [0, 0.05) is 18.7 Å². The Morgan fingerprint density at radius 1 is 1.38 bits per heavy atom. The van der Waals surface area contributed by atoms with Gasteiger partial charge in [-0.05, 0) is 6.42 Å². The minimum atomic E-state index is -0.730. The molecule has 114 valence electrons. The number of pyridine rings is 1. The first-order valence-electron chi connectivity index (χ1n) is 6.36. The van der Waals surface area contributed by atoms with E-state index >= 15 is 0 Å². The lowest BCUT2D eigenvalue weighted by Crippen LogP contribution is -2.42. The molecule has 0 aromatic carbocycles. The molecule has 0 unspecified atom stereocenters. The topological polar surface area (TPSA) is 123 Å². The Morgan fingerprint density at radius 3 is 2.71 bits per heavy atom. The second-order valence-electron chi connectivity index (χ2n) is 4.27. The average Bonchev–Trinajstić information content (AvgIpc) is 2.41. The number of nitrogens with zero attached hydrogens (tertiary/aromatic N) is 2. The summed E-state index contributed by atoms with van der Waals surface area (Å²) in [5.74, 6) is -0.730. The molecular weight excluding hydrogens is 280 g/mol. The highest BCUT2D eigenvalue weighted by molar-refractivity contribution is 5.94. The van der Waals surface area contributed by atoms with E-state index in [-0.39, 0.29) is 5.69 Å². The fraction of sp³-hybridized carbons (Fsp3) is 0.417. The van der Waals surface area contributed by atoms with Crippen LogP contribution < -0.4 is 16.2 Å². The lowest BCUT2D eigenvalue weighted by atomic mass is 10.3. The zero-order chi connectivity index (χ0) is 15.8. The number of rotatable bonds is 6. The Labute approximate surface area is 120 Å². The first-order valence-corrected chi connectivity index (χ1v) is 6.36. The van der Waals surface area contributed by atoms with Crippen molar-refractivity contribution in [2.24, 2.45) is 0 Å². The summed E-state index contributed by atoms with van der Waals surface area (Å²) < 4.78 is 0.868. The van der Waals surface area contributed by atoms with Crippen LogP contribution in [0.25, 0.3) is 0 Å². The molecule has 1 aromatic heterocycles. The monoisotopic (exact) mass is 296 g/mol. The van der Waals surface area contributed by atoms with Gasteiger partial charge < -0.3 is 5.32 Å². The Balaban J connectivity index is 2.62. The predicted molar refractivity (Wildman–Crippen MR) is 73.8 cm³/mol. The van der Waals surface area contributed by atoms with Crippen LogP contribution in [0.5, 0.6) is 0 Å². The van der Waals surface area contributed by atoms with Gasteiger partial charge in [0.15, 0.2) is 0 Å². The van der Waals surface area contributed by atoms with E-state index in [1.807, 2.05) is 12.2 Å². The number of hydrogen-bond acceptors (Lipinski definition) is 5. The van der Waals surface area contributed by atoms with Crippen molar-refractivity contribution < 1.29 is 14.5 Å². The maximum atomic E-state index is 11.6. The summed E-state index contributed by atoms with van der Waals surface area (Å²) in [6.07, 6.45) is 2.64. The number of urea groups is 1. The van der Waals surface area contributed by atoms with Gasteiger partial charge in [0.05, 0.1) is 11.1 Å². The zero-order valence-corrected chi connectivity index (χ0v) is 11.5. The Morgan fingerprint density at radius 2 is 2.10 bits per heavy atom. The molecule has 9 heteroatoms. The summed E-state index contributed by atoms with van der Waals surface area (Å²) in [4.78, 5) is 44.3. The van der Waals surface area contributed by atoms with Crippen molar-refractivity contribution in [1.82, 2.24) is 15.2 Å². The molecule has 0 aliphatic rings. The molecule has 1 heterocycles. The maximum absolute atomic E-state index is 11.6. The number of amides is 3. The second-order valence-corrected chi connectivity index (χ2v) is 4.27. The Hall–Kier alpha value is -2.71. The van der Waals surface area contributed by atoms with E-state index in [0.717, 1.165) is 35.7 Å². The molecule has 0 bridgehead atoms. The van der Waals surface area contributed by atoms with E-state index in [4.69, 9.17) is 0 Å². The minimum Gasteiger partial charge on any atom is -0.338 e. The quantitative estimate of drug-likeness (QED) is 0.446. The van der Waals surface area contributed by atoms with Gasteiger partial charge in [-0.3, -0.25) is 29.6 Å². The van der Waals surface area contributed by atoms with Crippen LogP contribution in [0.1, 0.15) is 19.8 Å². The molecule has 0 spiro atoms. The minimum absolute atomic E-state index is 0.310. The fourth-order valence-electron chi connectivity index (χ4n) is 1.49. The molecule has 3 amide bonds. The summed E-state index contributed by atoms with van der Waals surface area (Å²) in [7, 11) is 0. The number of nitrogens with one attached hydrogen (secondary N) is 2. The first kappa shape index (κ1) is 16.3. The second kappa shape index (κ2) is 7.78. The normalized spacial score (nSPS) is 9.95. The van der Waals surface area contributed by atoms with Crippen molar-refractivity contribution in [3.8, 4) is 0 Å². The zero-order valence-electron chi connectivity index (χ0n) is 11.5. The molecule has 2 N–H and O–H groups in total. The molecule has 0 radical (unpaired) electrons. The molecule has 1 aromatic rings. The van der Waals surface area contributed by atoms with Crippen LogP contribution in [0.15, 0.2) is 23.1 Å². The number of imide groups is 1. The summed E-state index contributed by atoms with van der Waals surface area (Å²) in [6.45, 7) is 1.92. The van der Waals surface area contributed by atoms with Crippen LogP contribution in [0, 0.1) is 10.1 Å². The number of carbonyl (C=O) groups is 2. The lowest BCUT2D eigenvalue weighted by Gasteiger charge is -2.07. The molecule has 0 aliphatic heterocycles. The van der Waals surface area contributed by atoms with Gasteiger partial charge in [0.25, 0.3) is 11.2 Å². The molecule has 0 aliphatic carbocycles. The van der Waals surface area contributed by atoms with Crippen LogP contribution in [-0.4, -0.2) is 28.0 Å². The molecule has 21 heavy (non-hydrogen) atoms. The summed E-state index contributed by atoms with van der Waals surface area (Å²) in [6, 6.07) is 1.38. The van der Waals surface area contributed by atoms with Gasteiger partial charge in [-0.15, -0.1) is 0 Å². The lowest BCUT2D eigenvalue weighted by molar-refractivity contribution is -0.385. The van der Waals surface area contributed by atoms with Crippen molar-refractivity contribution >= 4 is 17.6 Å². The maximum Gasteiger partial charge on any atom is 0.321 e. The van der Waals surface area contributed by atoms with Crippen LogP contribution in [0.3, 0.4) is 0 Å². The highest BCUT2D eigenvalue weighted by Crippen LogP contribution is 2.05. The molecule has 1 rings (SSSR count). The van der Waals surface area contributed by atoms with E-state index in [1.165, 1.54) is 0 Å². The molecule has 0 atom stereocenters. The van der Waals surface area contributed by atoms with Gasteiger partial charge in [-0.1, -0.05) is 13.3 Å². The van der Waals surface area contributed by atoms with Gasteiger partial charge in [0.1, 0.15) is 6.54 Å². The Kier molecular flexibility index (Phi) is 6.05. The number of carbonyl (C=O) groups excluding carboxylic acids is 2. The molecule has 9 nitrogen and oxygen atoms in total. The first-order chi connectivity index (χ1) is 9.93. The predicted octanol–water partition coefficient (Wildman–Crippen LogP) is 0.382. The van der Waals surface area contributed by atoms with Gasteiger partial charge in [0.2, 0.25) is 5.91 Å². The third-order valence-corrected chi connectivity index (χ3v) is 2.56. The SMILES string of the molecule is CCCCNC(=O)NC(=O)Cn1cc([N+](=O)[O-])ccc1=O. The van der Waals surface area contributed by atoms with Crippen molar-refractivity contribution in [3.63, 3.8) is 0 Å². The van der Waals surface area contributed by atoms with Gasteiger partial charge in [-0.25, -0.2) is 4.79 Å². The van der Waals surface area contributed by atoms with E-state index < -0.39 is 29.0 Å². The summed E-state index contributed by atoms with van der Waals surface area (Å²) >= 11 is 0. The molecular formula is C12H16N4O5.